The van der Waals surface area contributed by atoms with Crippen molar-refractivity contribution in [3.63, 3.8) is 0 Å². The summed E-state index contributed by atoms with van der Waals surface area (Å²) in [5.41, 5.74) is 4.40. The van der Waals surface area contributed by atoms with E-state index in [1.54, 1.807) is 0 Å². The van der Waals surface area contributed by atoms with Crippen LogP contribution < -0.4 is 10.6 Å². The lowest BCUT2D eigenvalue weighted by Gasteiger charge is -2.16. The third-order valence-corrected chi connectivity index (χ3v) is 5.45. The Kier molecular flexibility index (Phi) is 16.5. The van der Waals surface area contributed by atoms with Crippen molar-refractivity contribution in [1.29, 1.82) is 0 Å². The molecular formula is C23H40N2S2. The first kappa shape index (κ1) is 26.0. The van der Waals surface area contributed by atoms with E-state index < -0.39 is 0 Å². The first-order chi connectivity index (χ1) is 12.8. The van der Waals surface area contributed by atoms with E-state index in [0.29, 0.717) is 6.04 Å². The van der Waals surface area contributed by atoms with Gasteiger partial charge in [-0.3, -0.25) is 0 Å². The molecule has 0 aliphatic heterocycles. The lowest BCUT2D eigenvalue weighted by molar-refractivity contribution is 0.722. The highest BCUT2D eigenvalue weighted by molar-refractivity contribution is 7.99. The summed E-state index contributed by atoms with van der Waals surface area (Å²) in [6.07, 6.45) is 14.6. The Morgan fingerprint density at radius 1 is 1.00 bits per heavy atom. The van der Waals surface area contributed by atoms with E-state index in [1.807, 2.05) is 17.8 Å². The van der Waals surface area contributed by atoms with Gasteiger partial charge in [-0.15, -0.1) is 6.58 Å². The molecule has 0 bridgehead atoms. The second kappa shape index (κ2) is 17.1. The Morgan fingerprint density at radius 3 is 2.26 bits per heavy atom. The molecule has 27 heavy (non-hydrogen) atoms. The minimum atomic E-state index is 0.374. The lowest BCUT2D eigenvalue weighted by Crippen LogP contribution is -2.41. The highest BCUT2D eigenvalue weighted by Crippen LogP contribution is 2.12. The number of thioether (sulfide) groups is 1. The molecule has 0 aromatic heterocycles. The molecule has 2 nitrogen and oxygen atoms in total. The number of hydrogen-bond donors (Lipinski definition) is 2. The van der Waals surface area contributed by atoms with Crippen LogP contribution in [0.5, 0.6) is 0 Å². The summed E-state index contributed by atoms with van der Waals surface area (Å²) in [5.74, 6) is 2.12. The van der Waals surface area contributed by atoms with Crippen molar-refractivity contribution < 1.29 is 0 Å². The molecule has 0 aliphatic rings. The van der Waals surface area contributed by atoms with Crippen LogP contribution in [0.4, 0.5) is 0 Å². The van der Waals surface area contributed by atoms with Crippen LogP contribution in [0, 0.1) is 0 Å². The zero-order chi connectivity index (χ0) is 20.5. The third kappa shape index (κ3) is 18.1. The van der Waals surface area contributed by atoms with E-state index in [2.05, 4.69) is 70.1 Å². The summed E-state index contributed by atoms with van der Waals surface area (Å²) < 4.78 is 0. The predicted molar refractivity (Wildman–Crippen MR) is 131 cm³/mol. The topological polar surface area (TPSA) is 24.1 Å². The summed E-state index contributed by atoms with van der Waals surface area (Å²) in [6, 6.07) is 0.374. The average molecular weight is 409 g/mol. The van der Waals surface area contributed by atoms with Crippen molar-refractivity contribution in [1.82, 2.24) is 10.6 Å². The minimum Gasteiger partial charge on any atom is -0.362 e. The van der Waals surface area contributed by atoms with Crippen molar-refractivity contribution in [3.05, 3.63) is 47.6 Å². The monoisotopic (exact) mass is 408 g/mol. The Labute approximate surface area is 178 Å². The molecule has 0 spiro atoms. The van der Waals surface area contributed by atoms with E-state index >= 15 is 0 Å². The van der Waals surface area contributed by atoms with Gasteiger partial charge in [-0.05, 0) is 78.9 Å². The number of thiocarbonyl (C=S) groups is 1. The van der Waals surface area contributed by atoms with Gasteiger partial charge < -0.3 is 10.6 Å². The van der Waals surface area contributed by atoms with Gasteiger partial charge in [-0.2, -0.15) is 11.8 Å². The summed E-state index contributed by atoms with van der Waals surface area (Å²) >= 11 is 7.23. The van der Waals surface area contributed by atoms with Crippen molar-refractivity contribution in [2.75, 3.05) is 18.1 Å². The fourth-order valence-corrected chi connectivity index (χ4v) is 3.67. The molecule has 0 radical (unpaired) electrons. The largest absolute Gasteiger partial charge is 0.362 e. The number of hydrogen-bond acceptors (Lipinski definition) is 2. The zero-order valence-corrected chi connectivity index (χ0v) is 19.7. The molecule has 0 heterocycles. The van der Waals surface area contributed by atoms with Crippen LogP contribution in [0.25, 0.3) is 0 Å². The van der Waals surface area contributed by atoms with E-state index in [4.69, 9.17) is 12.2 Å². The zero-order valence-electron chi connectivity index (χ0n) is 18.1. The van der Waals surface area contributed by atoms with Crippen LogP contribution in [-0.4, -0.2) is 29.2 Å². The Hall–Kier alpha value is -1.00. The molecule has 0 amide bonds. The summed E-state index contributed by atoms with van der Waals surface area (Å²) in [6.45, 7) is 15.6. The van der Waals surface area contributed by atoms with Crippen LogP contribution in [0.3, 0.4) is 0 Å². The highest BCUT2D eigenvalue weighted by atomic mass is 32.2. The van der Waals surface area contributed by atoms with E-state index in [1.165, 1.54) is 23.1 Å². The highest BCUT2D eigenvalue weighted by Gasteiger charge is 2.03. The Bertz CT molecular complexity index is 514. The van der Waals surface area contributed by atoms with Crippen LogP contribution in [-0.2, 0) is 0 Å². The molecule has 1 atom stereocenters. The SMILES string of the molecule is C=CCCNC(=S)NC(C)CSC/C=C(\C)CC/C=C(\C)CCC=C(C)C. The van der Waals surface area contributed by atoms with Crippen molar-refractivity contribution in [3.8, 4) is 0 Å². The molecule has 0 aromatic carbocycles. The van der Waals surface area contributed by atoms with Crippen LogP contribution in [0.15, 0.2) is 47.6 Å². The Morgan fingerprint density at radius 2 is 1.63 bits per heavy atom. The first-order valence-electron chi connectivity index (χ1n) is 10.0. The molecular weight excluding hydrogens is 368 g/mol. The molecule has 0 aromatic rings. The van der Waals surface area contributed by atoms with Crippen LogP contribution >= 0.6 is 24.0 Å². The van der Waals surface area contributed by atoms with Gasteiger partial charge >= 0.3 is 0 Å². The second-order valence-corrected chi connectivity index (χ2v) is 8.86. The van der Waals surface area contributed by atoms with Crippen molar-refractivity contribution >= 4 is 29.1 Å². The molecule has 0 saturated heterocycles. The molecule has 154 valence electrons. The van der Waals surface area contributed by atoms with Gasteiger partial charge in [0.25, 0.3) is 0 Å². The summed E-state index contributed by atoms with van der Waals surface area (Å²) in [4.78, 5) is 0. The molecule has 2 N–H and O–H groups in total. The van der Waals surface area contributed by atoms with Gasteiger partial charge in [0.1, 0.15) is 0 Å². The van der Waals surface area contributed by atoms with Gasteiger partial charge in [-0.1, -0.05) is 41.0 Å². The first-order valence-corrected chi connectivity index (χ1v) is 11.6. The molecule has 0 saturated carbocycles. The van der Waals surface area contributed by atoms with Gasteiger partial charge in [0, 0.05) is 24.1 Å². The quantitative estimate of drug-likeness (QED) is 0.193. The maximum atomic E-state index is 5.29. The number of nitrogens with one attached hydrogen (secondary N) is 2. The molecule has 0 aliphatic carbocycles. The second-order valence-electron chi connectivity index (χ2n) is 7.38. The van der Waals surface area contributed by atoms with E-state index in [0.717, 1.165) is 48.8 Å². The van der Waals surface area contributed by atoms with Crippen LogP contribution in [0.2, 0.25) is 0 Å². The van der Waals surface area contributed by atoms with Crippen molar-refractivity contribution in [2.24, 2.45) is 0 Å². The molecule has 0 fully saturated rings. The average Bonchev–Trinajstić information content (AvgIpc) is 2.58. The normalized spacial score (nSPS) is 13.1. The van der Waals surface area contributed by atoms with Gasteiger partial charge in [0.15, 0.2) is 5.11 Å². The van der Waals surface area contributed by atoms with Crippen molar-refractivity contribution in [2.45, 2.75) is 72.8 Å². The Balaban J connectivity index is 3.87. The molecule has 1 unspecified atom stereocenters. The molecule has 0 rings (SSSR count). The number of allylic oxidation sites excluding steroid dienone is 5. The standard InChI is InChI=1S/C23H40N2S2/c1-7-8-16-24-23(26)25-22(6)18-27-17-15-21(5)14-10-13-20(4)12-9-11-19(2)3/h7,11,13,15,22H,1,8-10,12,14,16-18H2,2-6H3,(H2,24,25,26)/b20-13+,21-15+. The smallest absolute Gasteiger partial charge is 0.166 e. The van der Waals surface area contributed by atoms with Gasteiger partial charge in [0.05, 0.1) is 0 Å². The van der Waals surface area contributed by atoms with Crippen LogP contribution in [0.1, 0.15) is 66.7 Å². The fraction of sp³-hybridized carbons (Fsp3) is 0.609. The van der Waals surface area contributed by atoms with E-state index in [9.17, 15) is 0 Å². The predicted octanol–water partition coefficient (Wildman–Crippen LogP) is 6.57. The lowest BCUT2D eigenvalue weighted by atomic mass is 10.1. The maximum absolute atomic E-state index is 5.29. The van der Waals surface area contributed by atoms with E-state index in [-0.39, 0.29) is 0 Å². The third-order valence-electron chi connectivity index (χ3n) is 4.05. The molecule has 4 heteroatoms. The fourth-order valence-electron chi connectivity index (χ4n) is 2.39. The maximum Gasteiger partial charge on any atom is 0.166 e. The summed E-state index contributed by atoms with van der Waals surface area (Å²) in [5, 5.41) is 7.26. The summed E-state index contributed by atoms with van der Waals surface area (Å²) in [7, 11) is 0. The van der Waals surface area contributed by atoms with Gasteiger partial charge in [0.2, 0.25) is 0 Å². The minimum absolute atomic E-state index is 0.374. The van der Waals surface area contributed by atoms with Gasteiger partial charge in [-0.25, -0.2) is 0 Å². The number of rotatable bonds is 14.